The third kappa shape index (κ3) is 4.04. The molecule has 0 radical (unpaired) electrons. The van der Waals surface area contributed by atoms with Crippen LogP contribution in [0, 0.1) is 5.92 Å². The van der Waals surface area contributed by atoms with E-state index in [1.54, 1.807) is 12.1 Å². The Morgan fingerprint density at radius 1 is 1.30 bits per heavy atom. The van der Waals surface area contributed by atoms with Crippen molar-refractivity contribution in [3.05, 3.63) is 34.9 Å². The Balaban J connectivity index is 1.53. The number of benzene rings is 1. The zero-order valence-electron chi connectivity index (χ0n) is 13.1. The number of piperidine rings is 1. The largest absolute Gasteiger partial charge is 0.388 e. The van der Waals surface area contributed by atoms with Crippen molar-refractivity contribution < 1.29 is 14.6 Å². The van der Waals surface area contributed by atoms with Gasteiger partial charge in [0, 0.05) is 31.2 Å². The van der Waals surface area contributed by atoms with E-state index in [2.05, 4.69) is 5.32 Å². The lowest BCUT2D eigenvalue weighted by atomic mass is 9.87. The van der Waals surface area contributed by atoms with Crippen molar-refractivity contribution in [2.24, 2.45) is 5.92 Å². The van der Waals surface area contributed by atoms with Crippen molar-refractivity contribution in [3.8, 4) is 0 Å². The molecule has 1 aromatic carbocycles. The van der Waals surface area contributed by atoms with Gasteiger partial charge in [-0.2, -0.15) is 0 Å². The van der Waals surface area contributed by atoms with Crippen LogP contribution in [0.1, 0.15) is 24.5 Å². The highest BCUT2D eigenvalue weighted by molar-refractivity contribution is 6.30. The molecular formula is C17H23ClN2O3. The Morgan fingerprint density at radius 3 is 2.61 bits per heavy atom. The van der Waals surface area contributed by atoms with Crippen LogP contribution >= 0.6 is 11.6 Å². The zero-order valence-corrected chi connectivity index (χ0v) is 13.8. The summed E-state index contributed by atoms with van der Waals surface area (Å²) in [6.45, 7) is 3.33. The van der Waals surface area contributed by atoms with Crippen LogP contribution in [0.4, 0.5) is 0 Å². The lowest BCUT2D eigenvalue weighted by Gasteiger charge is -2.36. The number of rotatable bonds is 3. The predicted octanol–water partition coefficient (Wildman–Crippen LogP) is 1.60. The summed E-state index contributed by atoms with van der Waals surface area (Å²) in [4.78, 5) is 14.3. The van der Waals surface area contributed by atoms with Crippen LogP contribution in [0.15, 0.2) is 24.3 Å². The Kier molecular flexibility index (Phi) is 5.54. The highest BCUT2D eigenvalue weighted by atomic mass is 35.5. The van der Waals surface area contributed by atoms with Crippen LogP contribution in [0.2, 0.25) is 5.02 Å². The number of amides is 1. The molecule has 2 saturated heterocycles. The number of aliphatic hydroxyl groups excluding tert-OH is 1. The smallest absolute Gasteiger partial charge is 0.253 e. The highest BCUT2D eigenvalue weighted by Crippen LogP contribution is 2.31. The van der Waals surface area contributed by atoms with Crippen LogP contribution in [-0.2, 0) is 9.53 Å². The van der Waals surface area contributed by atoms with Gasteiger partial charge in [0.05, 0.1) is 12.7 Å². The molecule has 2 aliphatic rings. The van der Waals surface area contributed by atoms with E-state index < -0.39 is 6.10 Å². The van der Waals surface area contributed by atoms with Crippen molar-refractivity contribution in [3.63, 3.8) is 0 Å². The van der Waals surface area contributed by atoms with Crippen LogP contribution in [0.5, 0.6) is 0 Å². The Bertz CT molecular complexity index is 523. The summed E-state index contributed by atoms with van der Waals surface area (Å²) in [5.74, 6) is 0.238. The molecule has 3 rings (SSSR count). The quantitative estimate of drug-likeness (QED) is 0.879. The monoisotopic (exact) mass is 338 g/mol. The number of hydrogen-bond acceptors (Lipinski definition) is 4. The topological polar surface area (TPSA) is 61.8 Å². The van der Waals surface area contributed by atoms with Gasteiger partial charge < -0.3 is 20.1 Å². The molecule has 0 aliphatic carbocycles. The van der Waals surface area contributed by atoms with Crippen molar-refractivity contribution in [1.82, 2.24) is 10.2 Å². The van der Waals surface area contributed by atoms with Crippen molar-refractivity contribution in [1.29, 1.82) is 0 Å². The molecule has 6 heteroatoms. The molecule has 1 amide bonds. The van der Waals surface area contributed by atoms with E-state index in [4.69, 9.17) is 16.3 Å². The SMILES string of the molecule is O=C(C1CNCCO1)N1CCC(C(O)c2ccc(Cl)cc2)CC1. The molecular weight excluding hydrogens is 316 g/mol. The second kappa shape index (κ2) is 7.62. The van der Waals surface area contributed by atoms with Gasteiger partial charge in [0.2, 0.25) is 0 Å². The van der Waals surface area contributed by atoms with Crippen LogP contribution < -0.4 is 5.32 Å². The number of carbonyl (C=O) groups excluding carboxylic acids is 1. The molecule has 0 saturated carbocycles. The Hall–Kier alpha value is -1.14. The third-order valence-electron chi connectivity index (χ3n) is 4.71. The number of hydrogen-bond donors (Lipinski definition) is 2. The summed E-state index contributed by atoms with van der Waals surface area (Å²) in [6, 6.07) is 7.33. The lowest BCUT2D eigenvalue weighted by Crippen LogP contribution is -2.51. The second-order valence-corrected chi connectivity index (χ2v) is 6.66. The molecule has 2 heterocycles. The normalized spacial score (nSPS) is 24.4. The summed E-state index contributed by atoms with van der Waals surface area (Å²) < 4.78 is 5.53. The van der Waals surface area contributed by atoms with Crippen molar-refractivity contribution in [2.75, 3.05) is 32.8 Å². The molecule has 126 valence electrons. The molecule has 2 unspecified atom stereocenters. The van der Waals surface area contributed by atoms with Gasteiger partial charge in [-0.3, -0.25) is 4.79 Å². The molecule has 2 fully saturated rings. The number of halogens is 1. The highest BCUT2D eigenvalue weighted by Gasteiger charge is 2.32. The standard InChI is InChI=1S/C17H23ClN2O3/c18-14-3-1-12(2-4-14)16(21)13-5-8-20(9-6-13)17(22)15-11-19-7-10-23-15/h1-4,13,15-16,19,21H,5-11H2. The number of likely N-dealkylation sites (tertiary alicyclic amines) is 1. The van der Waals surface area contributed by atoms with E-state index in [-0.39, 0.29) is 17.9 Å². The molecule has 2 N–H and O–H groups in total. The molecule has 23 heavy (non-hydrogen) atoms. The summed E-state index contributed by atoms with van der Waals surface area (Å²) in [5, 5.41) is 14.4. The second-order valence-electron chi connectivity index (χ2n) is 6.22. The fourth-order valence-electron chi connectivity index (χ4n) is 3.30. The van der Waals surface area contributed by atoms with E-state index >= 15 is 0 Å². The first-order valence-corrected chi connectivity index (χ1v) is 8.57. The van der Waals surface area contributed by atoms with E-state index in [1.165, 1.54) is 0 Å². The van der Waals surface area contributed by atoms with Gasteiger partial charge in [0.25, 0.3) is 5.91 Å². The maximum absolute atomic E-state index is 12.4. The van der Waals surface area contributed by atoms with Crippen LogP contribution in [0.25, 0.3) is 0 Å². The molecule has 0 bridgehead atoms. The maximum atomic E-state index is 12.4. The van der Waals surface area contributed by atoms with E-state index in [9.17, 15) is 9.90 Å². The number of nitrogens with one attached hydrogen (secondary N) is 1. The minimum Gasteiger partial charge on any atom is -0.388 e. The summed E-state index contributed by atoms with van der Waals surface area (Å²) in [6.07, 6.45) is 0.740. The first kappa shape index (κ1) is 16.7. The molecule has 1 aromatic rings. The molecule has 0 aromatic heterocycles. The van der Waals surface area contributed by atoms with Gasteiger partial charge in [0.1, 0.15) is 6.10 Å². The van der Waals surface area contributed by atoms with E-state index in [0.29, 0.717) is 31.3 Å². The minimum absolute atomic E-state index is 0.0663. The number of aliphatic hydroxyl groups is 1. The minimum atomic E-state index is -0.503. The van der Waals surface area contributed by atoms with E-state index in [1.807, 2.05) is 17.0 Å². The maximum Gasteiger partial charge on any atom is 0.253 e. The lowest BCUT2D eigenvalue weighted by molar-refractivity contribution is -0.147. The fourth-order valence-corrected chi connectivity index (χ4v) is 3.42. The first-order valence-electron chi connectivity index (χ1n) is 8.20. The Labute approximate surface area is 141 Å². The van der Waals surface area contributed by atoms with Crippen molar-refractivity contribution >= 4 is 17.5 Å². The summed E-state index contributed by atoms with van der Waals surface area (Å²) in [5.41, 5.74) is 0.888. The first-order chi connectivity index (χ1) is 11.1. The van der Waals surface area contributed by atoms with Crippen LogP contribution in [0.3, 0.4) is 0 Å². The molecule has 0 spiro atoms. The molecule has 2 aliphatic heterocycles. The molecule has 2 atom stereocenters. The van der Waals surface area contributed by atoms with Crippen LogP contribution in [-0.4, -0.2) is 54.8 Å². The van der Waals surface area contributed by atoms with Gasteiger partial charge in [-0.1, -0.05) is 23.7 Å². The number of nitrogens with zero attached hydrogens (tertiary/aromatic N) is 1. The van der Waals surface area contributed by atoms with Gasteiger partial charge in [-0.25, -0.2) is 0 Å². The molecule has 5 nitrogen and oxygen atoms in total. The fraction of sp³-hybridized carbons (Fsp3) is 0.588. The zero-order chi connectivity index (χ0) is 16.2. The van der Waals surface area contributed by atoms with Gasteiger partial charge in [0.15, 0.2) is 0 Å². The van der Waals surface area contributed by atoms with Crippen molar-refractivity contribution in [2.45, 2.75) is 25.0 Å². The van der Waals surface area contributed by atoms with E-state index in [0.717, 1.165) is 24.9 Å². The van der Waals surface area contributed by atoms with Gasteiger partial charge in [-0.05, 0) is 36.5 Å². The Morgan fingerprint density at radius 2 is 2.00 bits per heavy atom. The number of carbonyl (C=O) groups is 1. The average molecular weight is 339 g/mol. The average Bonchev–Trinajstić information content (AvgIpc) is 2.62. The summed E-state index contributed by atoms with van der Waals surface area (Å²) in [7, 11) is 0. The van der Waals surface area contributed by atoms with Gasteiger partial charge >= 0.3 is 0 Å². The third-order valence-corrected chi connectivity index (χ3v) is 4.96. The number of morpholine rings is 1. The number of ether oxygens (including phenoxy) is 1. The predicted molar refractivity (Wildman–Crippen MR) is 88.3 cm³/mol. The summed E-state index contributed by atoms with van der Waals surface area (Å²) >= 11 is 5.89. The van der Waals surface area contributed by atoms with Gasteiger partial charge in [-0.15, -0.1) is 0 Å².